The number of rotatable bonds is 5. The zero-order chi connectivity index (χ0) is 11.8. The highest BCUT2D eigenvalue weighted by Crippen LogP contribution is 2.28. The van der Waals surface area contributed by atoms with Crippen molar-refractivity contribution in [1.82, 2.24) is 5.32 Å². The van der Waals surface area contributed by atoms with Gasteiger partial charge in [0.1, 0.15) is 0 Å². The van der Waals surface area contributed by atoms with Gasteiger partial charge in [-0.2, -0.15) is 0 Å². The largest absolute Gasteiger partial charge is 0.466 e. The van der Waals surface area contributed by atoms with E-state index < -0.39 is 0 Å². The zero-order valence-corrected chi connectivity index (χ0v) is 9.82. The third kappa shape index (κ3) is 4.23. The molecule has 1 rings (SSSR count). The van der Waals surface area contributed by atoms with Gasteiger partial charge in [0, 0.05) is 25.4 Å². The van der Waals surface area contributed by atoms with E-state index in [0.29, 0.717) is 11.8 Å². The van der Waals surface area contributed by atoms with E-state index in [4.69, 9.17) is 0 Å². The Bertz CT molecular complexity index is 240. The second-order valence-electron chi connectivity index (χ2n) is 4.25. The standard InChI is InChI=1S/C12H21NO3/c1-16-12(15)6-7-13-8-10-4-2-3-5-11(10)9-14/h6-7,10-11,13-14H,2-5,8-9H2,1H3/b7-6+. The number of hydrogen-bond acceptors (Lipinski definition) is 4. The number of nitrogens with one attached hydrogen (secondary N) is 1. The van der Waals surface area contributed by atoms with Crippen LogP contribution in [0.15, 0.2) is 12.3 Å². The van der Waals surface area contributed by atoms with Gasteiger partial charge in [-0.15, -0.1) is 0 Å². The fourth-order valence-electron chi connectivity index (χ4n) is 2.21. The van der Waals surface area contributed by atoms with Crippen LogP contribution in [-0.4, -0.2) is 31.3 Å². The summed E-state index contributed by atoms with van der Waals surface area (Å²) >= 11 is 0. The maximum atomic E-state index is 10.8. The summed E-state index contributed by atoms with van der Waals surface area (Å²) in [5.74, 6) is 0.573. The van der Waals surface area contributed by atoms with Gasteiger partial charge < -0.3 is 15.2 Å². The maximum absolute atomic E-state index is 10.8. The summed E-state index contributed by atoms with van der Waals surface area (Å²) < 4.78 is 4.48. The van der Waals surface area contributed by atoms with E-state index in [9.17, 15) is 9.90 Å². The van der Waals surface area contributed by atoms with Crippen molar-refractivity contribution in [3.05, 3.63) is 12.3 Å². The summed E-state index contributed by atoms with van der Waals surface area (Å²) in [5, 5.41) is 12.3. The molecule has 0 aromatic heterocycles. The van der Waals surface area contributed by atoms with Crippen molar-refractivity contribution in [2.24, 2.45) is 11.8 Å². The number of esters is 1. The number of carbonyl (C=O) groups excluding carboxylic acids is 1. The number of carbonyl (C=O) groups is 1. The average molecular weight is 227 g/mol. The maximum Gasteiger partial charge on any atom is 0.331 e. The van der Waals surface area contributed by atoms with E-state index >= 15 is 0 Å². The molecule has 16 heavy (non-hydrogen) atoms. The monoisotopic (exact) mass is 227 g/mol. The van der Waals surface area contributed by atoms with Crippen LogP contribution in [0.2, 0.25) is 0 Å². The van der Waals surface area contributed by atoms with Gasteiger partial charge in [-0.05, 0) is 24.7 Å². The third-order valence-corrected chi connectivity index (χ3v) is 3.22. The Balaban J connectivity index is 2.25. The molecule has 4 heteroatoms. The van der Waals surface area contributed by atoms with E-state index in [0.717, 1.165) is 19.4 Å². The first-order valence-electron chi connectivity index (χ1n) is 5.86. The molecule has 1 aliphatic carbocycles. The van der Waals surface area contributed by atoms with Gasteiger partial charge in [0.25, 0.3) is 0 Å². The summed E-state index contributed by atoms with van der Waals surface area (Å²) in [5.41, 5.74) is 0. The summed E-state index contributed by atoms with van der Waals surface area (Å²) in [6.45, 7) is 1.09. The molecule has 0 bridgehead atoms. The molecule has 0 spiro atoms. The molecular weight excluding hydrogens is 206 g/mol. The van der Waals surface area contributed by atoms with Gasteiger partial charge in [-0.3, -0.25) is 0 Å². The molecule has 2 atom stereocenters. The quantitative estimate of drug-likeness (QED) is 0.544. The lowest BCUT2D eigenvalue weighted by Gasteiger charge is -2.30. The fourth-order valence-corrected chi connectivity index (χ4v) is 2.21. The summed E-state index contributed by atoms with van der Waals surface area (Å²) in [6.07, 6.45) is 7.72. The minimum Gasteiger partial charge on any atom is -0.466 e. The molecule has 1 fully saturated rings. The van der Waals surface area contributed by atoms with Crippen molar-refractivity contribution in [3.63, 3.8) is 0 Å². The van der Waals surface area contributed by atoms with Crippen LogP contribution in [0.4, 0.5) is 0 Å². The SMILES string of the molecule is COC(=O)/C=C/NCC1CCCCC1CO. The summed E-state index contributed by atoms with van der Waals surface area (Å²) in [7, 11) is 1.36. The highest BCUT2D eigenvalue weighted by Gasteiger charge is 2.23. The molecule has 2 unspecified atom stereocenters. The van der Waals surface area contributed by atoms with E-state index in [-0.39, 0.29) is 12.6 Å². The van der Waals surface area contributed by atoms with Gasteiger partial charge in [0.05, 0.1) is 7.11 Å². The van der Waals surface area contributed by atoms with Crippen LogP contribution in [0.3, 0.4) is 0 Å². The van der Waals surface area contributed by atoms with Crippen molar-refractivity contribution in [2.75, 3.05) is 20.3 Å². The van der Waals surface area contributed by atoms with Crippen LogP contribution in [0.25, 0.3) is 0 Å². The number of aliphatic hydroxyl groups is 1. The number of hydrogen-bond donors (Lipinski definition) is 2. The molecule has 2 N–H and O–H groups in total. The third-order valence-electron chi connectivity index (χ3n) is 3.22. The minimum atomic E-state index is -0.352. The lowest BCUT2D eigenvalue weighted by Crippen LogP contribution is -2.30. The van der Waals surface area contributed by atoms with Crippen LogP contribution in [0.1, 0.15) is 25.7 Å². The molecular formula is C12H21NO3. The molecule has 0 aliphatic heterocycles. The van der Waals surface area contributed by atoms with Crippen molar-refractivity contribution >= 4 is 5.97 Å². The molecule has 4 nitrogen and oxygen atoms in total. The Hall–Kier alpha value is -1.03. The van der Waals surface area contributed by atoms with E-state index in [2.05, 4.69) is 10.1 Å². The van der Waals surface area contributed by atoms with Crippen molar-refractivity contribution < 1.29 is 14.6 Å². The van der Waals surface area contributed by atoms with Gasteiger partial charge in [0.15, 0.2) is 0 Å². The number of methoxy groups -OCH3 is 1. The number of aliphatic hydroxyl groups excluding tert-OH is 1. The van der Waals surface area contributed by atoms with Gasteiger partial charge in [-0.1, -0.05) is 12.8 Å². The summed E-state index contributed by atoms with van der Waals surface area (Å²) in [4.78, 5) is 10.8. The van der Waals surface area contributed by atoms with Crippen molar-refractivity contribution in [2.45, 2.75) is 25.7 Å². The van der Waals surface area contributed by atoms with Crippen LogP contribution in [-0.2, 0) is 9.53 Å². The molecule has 92 valence electrons. The molecule has 0 aromatic rings. The highest BCUT2D eigenvalue weighted by atomic mass is 16.5. The summed E-state index contributed by atoms with van der Waals surface area (Å²) in [6, 6.07) is 0. The van der Waals surface area contributed by atoms with E-state index in [1.165, 1.54) is 26.0 Å². The lowest BCUT2D eigenvalue weighted by molar-refractivity contribution is -0.134. The Kier molecular flexibility index (Phi) is 5.93. The second kappa shape index (κ2) is 7.28. The molecule has 0 aromatic carbocycles. The van der Waals surface area contributed by atoms with Crippen LogP contribution >= 0.6 is 0 Å². The normalized spacial score (nSPS) is 25.6. The number of ether oxygens (including phenoxy) is 1. The Morgan fingerprint density at radius 3 is 2.75 bits per heavy atom. The average Bonchev–Trinajstić information content (AvgIpc) is 2.34. The predicted molar refractivity (Wildman–Crippen MR) is 61.7 cm³/mol. The molecule has 1 aliphatic rings. The Labute approximate surface area is 96.7 Å². The Morgan fingerprint density at radius 2 is 2.12 bits per heavy atom. The van der Waals surface area contributed by atoms with Crippen molar-refractivity contribution in [3.8, 4) is 0 Å². The predicted octanol–water partition coefficient (Wildman–Crippen LogP) is 1.06. The highest BCUT2D eigenvalue weighted by molar-refractivity contribution is 5.81. The van der Waals surface area contributed by atoms with E-state index in [1.54, 1.807) is 6.20 Å². The van der Waals surface area contributed by atoms with Crippen molar-refractivity contribution in [1.29, 1.82) is 0 Å². The first-order valence-corrected chi connectivity index (χ1v) is 5.86. The minimum absolute atomic E-state index is 0.271. The van der Waals surface area contributed by atoms with E-state index in [1.807, 2.05) is 0 Å². The molecule has 0 amide bonds. The van der Waals surface area contributed by atoms with Gasteiger partial charge in [0.2, 0.25) is 0 Å². The lowest BCUT2D eigenvalue weighted by atomic mass is 9.80. The van der Waals surface area contributed by atoms with Crippen LogP contribution < -0.4 is 5.32 Å². The fraction of sp³-hybridized carbons (Fsp3) is 0.750. The topological polar surface area (TPSA) is 58.6 Å². The van der Waals surface area contributed by atoms with Gasteiger partial charge in [-0.25, -0.2) is 4.79 Å². The van der Waals surface area contributed by atoms with Crippen LogP contribution in [0.5, 0.6) is 0 Å². The first-order chi connectivity index (χ1) is 7.77. The van der Waals surface area contributed by atoms with Gasteiger partial charge >= 0.3 is 5.97 Å². The van der Waals surface area contributed by atoms with Crippen LogP contribution in [0, 0.1) is 11.8 Å². The zero-order valence-electron chi connectivity index (χ0n) is 9.82. The first kappa shape index (κ1) is 13.0. The Morgan fingerprint density at radius 1 is 1.44 bits per heavy atom. The molecule has 1 saturated carbocycles. The molecule has 0 heterocycles. The molecule has 0 saturated heterocycles. The smallest absolute Gasteiger partial charge is 0.331 e. The second-order valence-corrected chi connectivity index (χ2v) is 4.25. The molecule has 0 radical (unpaired) electrons.